The van der Waals surface area contributed by atoms with E-state index in [0.717, 1.165) is 46.7 Å². The zero-order valence-corrected chi connectivity index (χ0v) is 25.6. The van der Waals surface area contributed by atoms with Crippen LogP contribution in [0.1, 0.15) is 54.9 Å². The van der Waals surface area contributed by atoms with Crippen LogP contribution in [0.5, 0.6) is 0 Å². The standard InChI is InChI=1S/C32H38ClN3O4S/c1-22-13-15-29(16-14-22)41(39,40)36(28-18-23(2)17-24(3)19-28)21-31(37)35(20-26-9-5-8-12-30(26)33)25(4)32(38)34-27-10-6-7-11-27/h5,8-9,12-19,25,27H,6-7,10-11,20-21H2,1-4H3,(H,34,38). The molecule has 0 aromatic heterocycles. The summed E-state index contributed by atoms with van der Waals surface area (Å²) in [6.07, 6.45) is 3.94. The van der Waals surface area contributed by atoms with Gasteiger partial charge in [-0.1, -0.05) is 66.4 Å². The Labute approximate surface area is 248 Å². The Morgan fingerprint density at radius 3 is 2.15 bits per heavy atom. The van der Waals surface area contributed by atoms with Crippen LogP contribution in [0.3, 0.4) is 0 Å². The van der Waals surface area contributed by atoms with Gasteiger partial charge in [0.2, 0.25) is 11.8 Å². The molecule has 1 N–H and O–H groups in total. The molecule has 0 saturated heterocycles. The molecule has 1 aliphatic carbocycles. The van der Waals surface area contributed by atoms with Crippen molar-refractivity contribution in [2.45, 2.75) is 76.9 Å². The lowest BCUT2D eigenvalue weighted by molar-refractivity contribution is -0.139. The van der Waals surface area contributed by atoms with Crippen LogP contribution < -0.4 is 9.62 Å². The molecule has 218 valence electrons. The van der Waals surface area contributed by atoms with Crippen molar-refractivity contribution in [1.82, 2.24) is 10.2 Å². The number of hydrogen-bond acceptors (Lipinski definition) is 4. The lowest BCUT2D eigenvalue weighted by Gasteiger charge is -2.33. The van der Waals surface area contributed by atoms with Crippen molar-refractivity contribution in [3.63, 3.8) is 0 Å². The van der Waals surface area contributed by atoms with Gasteiger partial charge in [0.1, 0.15) is 12.6 Å². The number of benzene rings is 3. The Hall–Kier alpha value is -3.36. The first kappa shape index (κ1) is 30.6. The number of hydrogen-bond donors (Lipinski definition) is 1. The minimum Gasteiger partial charge on any atom is -0.352 e. The Morgan fingerprint density at radius 2 is 1.54 bits per heavy atom. The molecule has 9 heteroatoms. The number of nitrogens with one attached hydrogen (secondary N) is 1. The van der Waals surface area contributed by atoms with Crippen molar-refractivity contribution in [2.75, 3.05) is 10.8 Å². The van der Waals surface area contributed by atoms with Crippen LogP contribution in [0.25, 0.3) is 0 Å². The fraction of sp³-hybridized carbons (Fsp3) is 0.375. The van der Waals surface area contributed by atoms with Crippen LogP contribution >= 0.6 is 11.6 Å². The molecule has 0 bridgehead atoms. The van der Waals surface area contributed by atoms with Gasteiger partial charge in [-0.05, 0) is 87.6 Å². The normalized spacial score (nSPS) is 14.5. The highest BCUT2D eigenvalue weighted by Gasteiger charge is 2.33. The SMILES string of the molecule is Cc1ccc(S(=O)(=O)N(CC(=O)N(Cc2ccccc2Cl)C(C)C(=O)NC2CCCC2)c2cc(C)cc(C)c2)cc1. The van der Waals surface area contributed by atoms with Crippen LogP contribution in [0, 0.1) is 20.8 Å². The van der Waals surface area contributed by atoms with E-state index in [-0.39, 0.29) is 23.4 Å². The first-order valence-corrected chi connectivity index (χ1v) is 15.8. The summed E-state index contributed by atoms with van der Waals surface area (Å²) in [6.45, 7) is 6.90. The van der Waals surface area contributed by atoms with Crippen LogP contribution in [-0.2, 0) is 26.2 Å². The van der Waals surface area contributed by atoms with E-state index < -0.39 is 28.5 Å². The maximum absolute atomic E-state index is 14.1. The van der Waals surface area contributed by atoms with E-state index >= 15 is 0 Å². The minimum absolute atomic E-state index is 0.0586. The predicted molar refractivity (Wildman–Crippen MR) is 163 cm³/mol. The molecular weight excluding hydrogens is 558 g/mol. The molecule has 1 saturated carbocycles. The summed E-state index contributed by atoms with van der Waals surface area (Å²) in [7, 11) is -4.12. The highest BCUT2D eigenvalue weighted by atomic mass is 35.5. The molecule has 1 fully saturated rings. The van der Waals surface area contributed by atoms with Crippen LogP contribution in [-0.4, -0.2) is 43.8 Å². The van der Waals surface area contributed by atoms with Crippen molar-refractivity contribution in [3.05, 3.63) is 94.0 Å². The van der Waals surface area contributed by atoms with Crippen molar-refractivity contribution >= 4 is 39.1 Å². The average Bonchev–Trinajstić information content (AvgIpc) is 3.43. The maximum atomic E-state index is 14.1. The highest BCUT2D eigenvalue weighted by Crippen LogP contribution is 2.27. The summed E-state index contributed by atoms with van der Waals surface area (Å²) < 4.78 is 29.2. The first-order valence-electron chi connectivity index (χ1n) is 14.0. The molecule has 1 aliphatic rings. The molecule has 2 amide bonds. The van der Waals surface area contributed by atoms with E-state index in [1.165, 1.54) is 4.90 Å². The van der Waals surface area contributed by atoms with Gasteiger partial charge in [-0.25, -0.2) is 8.42 Å². The van der Waals surface area contributed by atoms with E-state index in [1.807, 2.05) is 32.9 Å². The number of sulfonamides is 1. The molecule has 7 nitrogen and oxygen atoms in total. The number of anilines is 1. The third kappa shape index (κ3) is 7.49. The quantitative estimate of drug-likeness (QED) is 0.314. The smallest absolute Gasteiger partial charge is 0.264 e. The summed E-state index contributed by atoms with van der Waals surface area (Å²) in [5, 5.41) is 3.54. The second-order valence-corrected chi connectivity index (χ2v) is 13.2. The van der Waals surface area contributed by atoms with E-state index in [0.29, 0.717) is 16.3 Å². The van der Waals surface area contributed by atoms with Crippen molar-refractivity contribution in [2.24, 2.45) is 0 Å². The molecule has 1 atom stereocenters. The third-order valence-corrected chi connectivity index (χ3v) is 9.71. The molecular formula is C32H38ClN3O4S. The lowest BCUT2D eigenvalue weighted by Crippen LogP contribution is -2.52. The molecule has 3 aromatic rings. The first-order chi connectivity index (χ1) is 19.5. The average molecular weight is 596 g/mol. The van der Waals surface area contributed by atoms with Crippen molar-refractivity contribution in [1.29, 1.82) is 0 Å². The van der Waals surface area contributed by atoms with Crippen molar-refractivity contribution < 1.29 is 18.0 Å². The van der Waals surface area contributed by atoms with Gasteiger partial charge in [-0.3, -0.25) is 13.9 Å². The molecule has 41 heavy (non-hydrogen) atoms. The van der Waals surface area contributed by atoms with E-state index in [2.05, 4.69) is 5.32 Å². The zero-order chi connectivity index (χ0) is 29.7. The lowest BCUT2D eigenvalue weighted by atomic mass is 10.1. The topological polar surface area (TPSA) is 86.8 Å². The fourth-order valence-corrected chi connectivity index (χ4v) is 6.84. The molecule has 1 unspecified atom stereocenters. The Balaban J connectivity index is 1.72. The number of rotatable bonds is 10. The van der Waals surface area contributed by atoms with Crippen LogP contribution in [0.15, 0.2) is 71.6 Å². The number of amides is 2. The summed E-state index contributed by atoms with van der Waals surface area (Å²) in [5.74, 6) is -0.773. The minimum atomic E-state index is -4.12. The zero-order valence-electron chi connectivity index (χ0n) is 24.1. The number of carbonyl (C=O) groups excluding carboxylic acids is 2. The monoisotopic (exact) mass is 595 g/mol. The van der Waals surface area contributed by atoms with Gasteiger partial charge in [0.25, 0.3) is 10.0 Å². The van der Waals surface area contributed by atoms with Gasteiger partial charge < -0.3 is 10.2 Å². The molecule has 0 radical (unpaired) electrons. The van der Waals surface area contributed by atoms with Gasteiger partial charge in [-0.2, -0.15) is 0 Å². The molecule has 0 spiro atoms. The van der Waals surface area contributed by atoms with Crippen LogP contribution in [0.2, 0.25) is 5.02 Å². The van der Waals surface area contributed by atoms with Crippen molar-refractivity contribution in [3.8, 4) is 0 Å². The summed E-state index contributed by atoms with van der Waals surface area (Å²) >= 11 is 6.45. The second kappa shape index (κ2) is 13.1. The maximum Gasteiger partial charge on any atom is 0.264 e. The predicted octanol–water partition coefficient (Wildman–Crippen LogP) is 5.94. The number of carbonyl (C=O) groups is 2. The number of nitrogens with zero attached hydrogens (tertiary/aromatic N) is 2. The summed E-state index contributed by atoms with van der Waals surface area (Å²) in [5.41, 5.74) is 3.72. The third-order valence-electron chi connectivity index (χ3n) is 7.55. The van der Waals surface area contributed by atoms with Gasteiger partial charge >= 0.3 is 0 Å². The largest absolute Gasteiger partial charge is 0.352 e. The fourth-order valence-electron chi connectivity index (χ4n) is 5.25. The van der Waals surface area contributed by atoms with Gasteiger partial charge in [0.05, 0.1) is 10.6 Å². The van der Waals surface area contributed by atoms with Gasteiger partial charge in [0, 0.05) is 17.6 Å². The highest BCUT2D eigenvalue weighted by molar-refractivity contribution is 7.92. The van der Waals surface area contributed by atoms with E-state index in [4.69, 9.17) is 11.6 Å². The number of halogens is 1. The summed E-state index contributed by atoms with van der Waals surface area (Å²) in [6, 6.07) is 18.4. The second-order valence-electron chi connectivity index (χ2n) is 10.9. The van der Waals surface area contributed by atoms with E-state index in [9.17, 15) is 18.0 Å². The Bertz CT molecular complexity index is 1480. The summed E-state index contributed by atoms with van der Waals surface area (Å²) in [4.78, 5) is 29.0. The van der Waals surface area contributed by atoms with Gasteiger partial charge in [0.15, 0.2) is 0 Å². The molecule has 4 rings (SSSR count). The Morgan fingerprint density at radius 1 is 0.927 bits per heavy atom. The molecule has 0 heterocycles. The Kier molecular flexibility index (Phi) is 9.76. The number of aryl methyl sites for hydroxylation is 3. The molecule has 3 aromatic carbocycles. The van der Waals surface area contributed by atoms with Gasteiger partial charge in [-0.15, -0.1) is 0 Å². The van der Waals surface area contributed by atoms with E-state index in [1.54, 1.807) is 61.5 Å². The molecule has 0 aliphatic heterocycles. The van der Waals surface area contributed by atoms with Crippen LogP contribution in [0.4, 0.5) is 5.69 Å².